The Morgan fingerprint density at radius 3 is 2.42 bits per heavy atom. The highest BCUT2D eigenvalue weighted by molar-refractivity contribution is 7.07. The van der Waals surface area contributed by atoms with Crippen LogP contribution in [0.25, 0.3) is 16.9 Å². The summed E-state index contributed by atoms with van der Waals surface area (Å²) < 4.78 is 1.84. The van der Waals surface area contributed by atoms with E-state index < -0.39 is 9.85 Å². The zero-order valence-electron chi connectivity index (χ0n) is 16.0. The summed E-state index contributed by atoms with van der Waals surface area (Å²) in [5, 5.41) is 24.1. The fourth-order valence-electron chi connectivity index (χ4n) is 3.02. The molecule has 0 atom stereocenters. The van der Waals surface area contributed by atoms with Crippen LogP contribution in [0.1, 0.15) is 5.56 Å². The normalized spacial score (nSPS) is 11.4. The molecule has 0 aliphatic heterocycles. The highest BCUT2D eigenvalue weighted by Crippen LogP contribution is 2.27. The first-order valence-electron chi connectivity index (χ1n) is 9.12. The lowest BCUT2D eigenvalue weighted by Crippen LogP contribution is -2.14. The van der Waals surface area contributed by atoms with Gasteiger partial charge in [0.25, 0.3) is 11.4 Å². The minimum absolute atomic E-state index is 0.0206. The molecule has 31 heavy (non-hydrogen) atoms. The molecule has 2 aromatic heterocycles. The Labute approximate surface area is 179 Å². The topological polar surface area (TPSA) is 116 Å². The average molecular weight is 433 g/mol. The molecule has 2 aromatic carbocycles. The van der Waals surface area contributed by atoms with Crippen molar-refractivity contribution in [2.75, 3.05) is 0 Å². The van der Waals surface area contributed by atoms with Gasteiger partial charge in [0, 0.05) is 53.3 Å². The summed E-state index contributed by atoms with van der Waals surface area (Å²) in [6, 6.07) is 16.2. The average Bonchev–Trinajstić information content (AvgIpc) is 3.22. The van der Waals surface area contributed by atoms with Crippen LogP contribution in [0.15, 0.2) is 83.4 Å². The molecular weight excluding hydrogens is 418 g/mol. The lowest BCUT2D eigenvalue weighted by atomic mass is 10.1. The number of hydrogen-bond acceptors (Lipinski definition) is 7. The number of non-ortho nitro benzene ring substituents is 2. The SMILES string of the molecule is O=[N+]([O-])c1ccc(-n2c(-c3cccc([N+](=O)[O-])c3)csc2=NCc2cccnc2)cc1. The molecule has 10 heteroatoms. The number of aromatic nitrogens is 2. The number of hydrogen-bond donors (Lipinski definition) is 0. The van der Waals surface area contributed by atoms with E-state index in [2.05, 4.69) is 9.98 Å². The van der Waals surface area contributed by atoms with Crippen LogP contribution in [0, 0.1) is 20.2 Å². The fourth-order valence-corrected chi connectivity index (χ4v) is 3.93. The van der Waals surface area contributed by atoms with Crippen LogP contribution in [0.2, 0.25) is 0 Å². The van der Waals surface area contributed by atoms with E-state index in [4.69, 9.17) is 0 Å². The highest BCUT2D eigenvalue weighted by atomic mass is 32.1. The van der Waals surface area contributed by atoms with Crippen molar-refractivity contribution in [3.63, 3.8) is 0 Å². The van der Waals surface area contributed by atoms with Gasteiger partial charge in [-0.3, -0.25) is 34.8 Å². The van der Waals surface area contributed by atoms with Crippen molar-refractivity contribution in [3.8, 4) is 16.9 Å². The van der Waals surface area contributed by atoms with Gasteiger partial charge in [0.15, 0.2) is 4.80 Å². The van der Waals surface area contributed by atoms with Gasteiger partial charge < -0.3 is 0 Å². The van der Waals surface area contributed by atoms with Gasteiger partial charge in [-0.1, -0.05) is 18.2 Å². The van der Waals surface area contributed by atoms with Gasteiger partial charge in [-0.05, 0) is 23.8 Å². The van der Waals surface area contributed by atoms with E-state index in [0.717, 1.165) is 5.56 Å². The first-order valence-corrected chi connectivity index (χ1v) is 10.0. The summed E-state index contributed by atoms with van der Waals surface area (Å²) in [5.41, 5.74) is 2.90. The minimum Gasteiger partial charge on any atom is -0.285 e. The third-order valence-corrected chi connectivity index (χ3v) is 5.36. The van der Waals surface area contributed by atoms with Crippen molar-refractivity contribution in [2.24, 2.45) is 4.99 Å². The van der Waals surface area contributed by atoms with Crippen LogP contribution < -0.4 is 4.80 Å². The number of nitrogens with zero attached hydrogens (tertiary/aromatic N) is 5. The number of thiazole rings is 1. The number of rotatable bonds is 6. The Morgan fingerprint density at radius 2 is 1.74 bits per heavy atom. The zero-order valence-corrected chi connectivity index (χ0v) is 16.8. The zero-order chi connectivity index (χ0) is 21.8. The van der Waals surface area contributed by atoms with Gasteiger partial charge in [0.1, 0.15) is 0 Å². The monoisotopic (exact) mass is 433 g/mol. The maximum atomic E-state index is 11.2. The van der Waals surface area contributed by atoms with Gasteiger partial charge in [-0.2, -0.15) is 0 Å². The van der Waals surface area contributed by atoms with E-state index in [1.54, 1.807) is 36.7 Å². The molecule has 2 heterocycles. The van der Waals surface area contributed by atoms with Crippen LogP contribution in [-0.4, -0.2) is 19.4 Å². The quantitative estimate of drug-likeness (QED) is 0.327. The fraction of sp³-hybridized carbons (Fsp3) is 0.0476. The Bertz CT molecular complexity index is 1310. The van der Waals surface area contributed by atoms with Crippen molar-refractivity contribution in [3.05, 3.63) is 109 Å². The van der Waals surface area contributed by atoms with Crippen LogP contribution >= 0.6 is 11.3 Å². The van der Waals surface area contributed by atoms with Gasteiger partial charge in [0.05, 0.1) is 22.1 Å². The molecule has 0 spiro atoms. The number of nitro groups is 2. The molecule has 0 aliphatic rings. The van der Waals surface area contributed by atoms with Crippen LogP contribution in [0.3, 0.4) is 0 Å². The molecule has 0 unspecified atom stereocenters. The van der Waals surface area contributed by atoms with E-state index in [9.17, 15) is 20.2 Å². The Morgan fingerprint density at radius 1 is 0.968 bits per heavy atom. The summed E-state index contributed by atoms with van der Waals surface area (Å²) >= 11 is 1.38. The van der Waals surface area contributed by atoms with Gasteiger partial charge in [-0.15, -0.1) is 11.3 Å². The lowest BCUT2D eigenvalue weighted by Gasteiger charge is -2.09. The lowest BCUT2D eigenvalue weighted by molar-refractivity contribution is -0.385. The molecule has 0 amide bonds. The minimum atomic E-state index is -0.461. The summed E-state index contributed by atoms with van der Waals surface area (Å²) in [4.78, 5) is 30.8. The van der Waals surface area contributed by atoms with E-state index in [0.29, 0.717) is 28.3 Å². The first-order chi connectivity index (χ1) is 15.0. The van der Waals surface area contributed by atoms with Crippen molar-refractivity contribution in [1.29, 1.82) is 0 Å². The van der Waals surface area contributed by atoms with E-state index in [1.807, 2.05) is 22.1 Å². The Balaban J connectivity index is 1.86. The molecule has 0 saturated heterocycles. The maximum absolute atomic E-state index is 11.2. The summed E-state index contributed by atoms with van der Waals surface area (Å²) in [6.07, 6.45) is 3.42. The molecule has 154 valence electrons. The van der Waals surface area contributed by atoms with E-state index in [-0.39, 0.29) is 11.4 Å². The second kappa shape index (κ2) is 8.67. The third-order valence-electron chi connectivity index (χ3n) is 4.50. The molecule has 0 aliphatic carbocycles. The molecule has 4 rings (SSSR count). The smallest absolute Gasteiger partial charge is 0.270 e. The van der Waals surface area contributed by atoms with Crippen LogP contribution in [-0.2, 0) is 6.54 Å². The molecule has 0 bridgehead atoms. The summed E-state index contributed by atoms with van der Waals surface area (Å²) in [6.45, 7) is 0.399. The Kier molecular flexibility index (Phi) is 5.63. The van der Waals surface area contributed by atoms with E-state index >= 15 is 0 Å². The van der Waals surface area contributed by atoms with Gasteiger partial charge >= 0.3 is 0 Å². The van der Waals surface area contributed by atoms with Crippen LogP contribution in [0.5, 0.6) is 0 Å². The second-order valence-electron chi connectivity index (χ2n) is 6.50. The first kappa shape index (κ1) is 20.1. The van der Waals surface area contributed by atoms with E-state index in [1.165, 1.54) is 35.6 Å². The number of nitro benzene ring substituents is 2. The molecule has 0 fully saturated rings. The van der Waals surface area contributed by atoms with Crippen molar-refractivity contribution >= 4 is 22.7 Å². The van der Waals surface area contributed by atoms with Gasteiger partial charge in [-0.25, -0.2) is 0 Å². The molecule has 0 saturated carbocycles. The molecule has 0 N–H and O–H groups in total. The largest absolute Gasteiger partial charge is 0.285 e. The Hall–Kier alpha value is -4.18. The van der Waals surface area contributed by atoms with Crippen molar-refractivity contribution in [1.82, 2.24) is 9.55 Å². The number of pyridine rings is 1. The second-order valence-corrected chi connectivity index (χ2v) is 7.33. The molecule has 4 aromatic rings. The van der Waals surface area contributed by atoms with Crippen LogP contribution in [0.4, 0.5) is 11.4 Å². The van der Waals surface area contributed by atoms with Gasteiger partial charge in [0.2, 0.25) is 0 Å². The predicted molar refractivity (Wildman–Crippen MR) is 116 cm³/mol. The highest BCUT2D eigenvalue weighted by Gasteiger charge is 2.14. The van der Waals surface area contributed by atoms with Crippen molar-refractivity contribution < 1.29 is 9.85 Å². The summed E-state index contributed by atoms with van der Waals surface area (Å²) in [7, 11) is 0. The number of benzene rings is 2. The third kappa shape index (κ3) is 4.38. The molecule has 9 nitrogen and oxygen atoms in total. The van der Waals surface area contributed by atoms with Crippen molar-refractivity contribution in [2.45, 2.75) is 6.54 Å². The maximum Gasteiger partial charge on any atom is 0.270 e. The standard InChI is InChI=1S/C21H15N5O4S/c27-25(28)18-8-6-17(7-9-18)24-20(16-4-1-5-19(11-16)26(29)30)14-31-21(24)23-13-15-3-2-10-22-12-15/h1-12,14H,13H2. The molecular formula is C21H15N5O4S. The molecule has 0 radical (unpaired) electrons. The summed E-state index contributed by atoms with van der Waals surface area (Å²) in [5.74, 6) is 0. The predicted octanol–water partition coefficient (Wildman–Crippen LogP) is 4.52.